The summed E-state index contributed by atoms with van der Waals surface area (Å²) in [6.45, 7) is 0. The number of fused-ring (bicyclic) bond motifs is 2. The maximum Gasteiger partial charge on any atom is 0.485 e. The van der Waals surface area contributed by atoms with Crippen molar-refractivity contribution >= 4 is 49.7 Å². The number of hydrogen-bond acceptors (Lipinski definition) is 6. The minimum absolute atomic E-state index is 0.280. The average Bonchev–Trinajstić information content (AvgIpc) is 2.66. The van der Waals surface area contributed by atoms with Crippen molar-refractivity contribution in [1.29, 1.82) is 0 Å². The predicted octanol–water partition coefficient (Wildman–Crippen LogP) is 2.96. The quantitative estimate of drug-likeness (QED) is 0.211. The molecule has 0 amide bonds. The van der Waals surface area contributed by atoms with Gasteiger partial charge in [0.25, 0.3) is 0 Å². The summed E-state index contributed by atoms with van der Waals surface area (Å²) in [4.78, 5) is 12.2. The molecule has 0 saturated carbocycles. The van der Waals surface area contributed by atoms with Gasteiger partial charge in [0.05, 0.1) is 30.6 Å². The van der Waals surface area contributed by atoms with E-state index in [1.54, 1.807) is 14.2 Å². The fraction of sp³-hybridized carbons (Fsp3) is 0.222. The van der Waals surface area contributed by atoms with Crippen LogP contribution in [0.15, 0.2) is 36.4 Å². The van der Waals surface area contributed by atoms with Gasteiger partial charge in [0, 0.05) is 12.1 Å². The molecule has 0 aliphatic carbocycles. The van der Waals surface area contributed by atoms with Crippen molar-refractivity contribution in [3.8, 4) is 11.5 Å². The van der Waals surface area contributed by atoms with Crippen molar-refractivity contribution in [3.63, 3.8) is 0 Å². The van der Waals surface area contributed by atoms with E-state index in [0.717, 1.165) is 21.8 Å². The Morgan fingerprint density at radius 1 is 1.00 bits per heavy atom. The maximum atomic E-state index is 12.2. The Morgan fingerprint density at radius 2 is 1.37 bits per heavy atom. The van der Waals surface area contributed by atoms with Crippen LogP contribution in [0.3, 0.4) is 0 Å². The van der Waals surface area contributed by atoms with E-state index in [2.05, 4.69) is 12.6 Å². The van der Waals surface area contributed by atoms with Crippen molar-refractivity contribution in [3.05, 3.63) is 42.0 Å². The van der Waals surface area contributed by atoms with Gasteiger partial charge in [0.2, 0.25) is 16.1 Å². The summed E-state index contributed by atoms with van der Waals surface area (Å²) in [7, 11) is -0.912. The lowest BCUT2D eigenvalue weighted by Crippen LogP contribution is -2.31. The number of rotatable bonds is 3. The van der Waals surface area contributed by atoms with E-state index in [9.17, 15) is 18.0 Å². The number of hydrogen-bond donors (Lipinski definition) is 1. The van der Waals surface area contributed by atoms with Gasteiger partial charge in [-0.15, -0.1) is 12.6 Å². The summed E-state index contributed by atoms with van der Waals surface area (Å²) >= 11 is 4.07. The van der Waals surface area contributed by atoms with Crippen molar-refractivity contribution < 1.29 is 45.0 Å². The molecule has 0 radical (unpaired) electrons. The Labute approximate surface area is 175 Å². The van der Waals surface area contributed by atoms with Crippen LogP contribution in [0.2, 0.25) is 0 Å². The van der Waals surface area contributed by atoms with Gasteiger partial charge in [-0.25, -0.2) is 8.42 Å². The fourth-order valence-electron chi connectivity index (χ4n) is 2.77. The molecule has 0 saturated heterocycles. The number of alkyl halides is 3. The highest BCUT2D eigenvalue weighted by molar-refractivity contribution is 7.97. The van der Waals surface area contributed by atoms with Gasteiger partial charge < -0.3 is 14.0 Å². The molecule has 30 heavy (non-hydrogen) atoms. The maximum absolute atomic E-state index is 12.2. The third-order valence-electron chi connectivity index (χ3n) is 4.17. The van der Waals surface area contributed by atoms with Crippen LogP contribution in [0.1, 0.15) is 10.4 Å². The van der Waals surface area contributed by atoms with E-state index >= 15 is 0 Å². The lowest BCUT2D eigenvalue weighted by molar-refractivity contribution is -0.617. The van der Waals surface area contributed by atoms with Crippen LogP contribution in [-0.2, 0) is 17.2 Å². The second-order valence-corrected chi connectivity index (χ2v) is 7.68. The molecule has 3 rings (SSSR count). The summed E-state index contributed by atoms with van der Waals surface area (Å²) in [5.41, 5.74) is -3.21. The predicted molar refractivity (Wildman–Crippen MR) is 105 cm³/mol. The molecule has 0 fully saturated rings. The summed E-state index contributed by atoms with van der Waals surface area (Å²) < 4.78 is 71.5. The van der Waals surface area contributed by atoms with Crippen LogP contribution in [0.5, 0.6) is 11.5 Å². The Bertz CT molecular complexity index is 1160. The zero-order valence-electron chi connectivity index (χ0n) is 15.9. The second-order valence-electron chi connectivity index (χ2n) is 5.91. The summed E-state index contributed by atoms with van der Waals surface area (Å²) in [6, 6.07) is 11.4. The first-order chi connectivity index (χ1) is 13.8. The van der Waals surface area contributed by atoms with Crippen molar-refractivity contribution in [1.82, 2.24) is 0 Å². The summed E-state index contributed by atoms with van der Waals surface area (Å²) in [5.74, 6) is 1.40. The molecule has 12 heteroatoms. The average molecular weight is 463 g/mol. The molecule has 0 spiro atoms. The highest BCUT2D eigenvalue weighted by atomic mass is 32.2. The number of pyridine rings is 1. The van der Waals surface area contributed by atoms with Crippen LogP contribution in [-0.4, -0.2) is 37.8 Å². The van der Waals surface area contributed by atoms with E-state index in [4.69, 9.17) is 22.4 Å². The number of carbonyl (C=O) groups is 1. The third kappa shape index (κ3) is 4.77. The molecule has 0 bridgehead atoms. The Kier molecular flexibility index (Phi) is 6.84. The van der Waals surface area contributed by atoms with E-state index in [0.29, 0.717) is 17.1 Å². The molecular weight excluding hydrogens is 447 g/mol. The molecule has 2 aromatic carbocycles. The number of aryl methyl sites for hydroxylation is 1. The summed E-state index contributed by atoms with van der Waals surface area (Å²) in [6.07, 6.45) is 0. The number of nitrogens with zero attached hydrogens (tertiary/aromatic N) is 1. The van der Waals surface area contributed by atoms with E-state index in [1.807, 2.05) is 48.0 Å². The molecule has 1 aromatic heterocycles. The highest BCUT2D eigenvalue weighted by Gasteiger charge is 2.36. The number of methoxy groups -OCH3 is 2. The van der Waals surface area contributed by atoms with E-state index in [1.165, 1.54) is 0 Å². The standard InChI is InChI=1S/C17H15NO3S.CHF3O3S/c1-18-14-6-4-10(20-2)8-12(14)16(17(19)22)13-9-11(21-3)5-7-15(13)18;2-1(3,4)8(5,6)7/h4-9H,1-3H3;(H,5,6,7). The lowest BCUT2D eigenvalue weighted by Gasteiger charge is -2.10. The Morgan fingerprint density at radius 3 is 1.63 bits per heavy atom. The van der Waals surface area contributed by atoms with Crippen LogP contribution < -0.4 is 14.0 Å². The van der Waals surface area contributed by atoms with Gasteiger partial charge in [-0.3, -0.25) is 4.79 Å². The SMILES string of the molecule is COc1ccc2c(c1)c(C(=O)S)c1cc(OC)ccc1[n+]2C.O=S(=O)([O-])C(F)(F)F. The molecule has 0 aliphatic rings. The van der Waals surface area contributed by atoms with Crippen molar-refractivity contribution in [2.75, 3.05) is 14.2 Å². The van der Waals surface area contributed by atoms with Crippen LogP contribution in [0.25, 0.3) is 21.8 Å². The van der Waals surface area contributed by atoms with Crippen LogP contribution in [0, 0.1) is 0 Å². The van der Waals surface area contributed by atoms with Crippen molar-refractivity contribution in [2.24, 2.45) is 7.05 Å². The van der Waals surface area contributed by atoms with Gasteiger partial charge in [0.15, 0.2) is 10.1 Å². The number of halogens is 3. The minimum Gasteiger partial charge on any atom is -0.741 e. The zero-order valence-corrected chi connectivity index (χ0v) is 17.6. The Balaban J connectivity index is 0.000000343. The molecule has 7 nitrogen and oxygen atoms in total. The summed E-state index contributed by atoms with van der Waals surface area (Å²) in [5, 5.41) is 1.34. The lowest BCUT2D eigenvalue weighted by atomic mass is 10.0. The first-order valence-electron chi connectivity index (χ1n) is 8.04. The topological polar surface area (TPSA) is 96.6 Å². The van der Waals surface area contributed by atoms with Crippen LogP contribution in [0.4, 0.5) is 13.2 Å². The second kappa shape index (κ2) is 8.66. The fourth-order valence-corrected chi connectivity index (χ4v) is 3.02. The highest BCUT2D eigenvalue weighted by Crippen LogP contribution is 2.30. The number of ether oxygens (including phenoxy) is 2. The molecule has 3 aromatic rings. The molecular formula is C18H16F3NO6S2. The van der Waals surface area contributed by atoms with Gasteiger partial charge in [-0.2, -0.15) is 17.7 Å². The molecule has 0 N–H and O–H groups in total. The van der Waals surface area contributed by atoms with Crippen molar-refractivity contribution in [2.45, 2.75) is 5.51 Å². The first kappa shape index (κ1) is 23.7. The molecule has 162 valence electrons. The number of thiol groups is 1. The molecule has 0 atom stereocenters. The van der Waals surface area contributed by atoms with E-state index < -0.39 is 15.6 Å². The first-order valence-corrected chi connectivity index (χ1v) is 9.90. The Hall–Kier alpha value is -2.57. The van der Waals surface area contributed by atoms with E-state index in [-0.39, 0.29) is 5.12 Å². The zero-order chi connectivity index (χ0) is 22.9. The molecule has 1 heterocycles. The third-order valence-corrected chi connectivity index (χ3v) is 4.96. The number of aromatic nitrogens is 1. The molecule has 0 aliphatic heterocycles. The van der Waals surface area contributed by atoms with Crippen LogP contribution >= 0.6 is 12.6 Å². The van der Waals surface area contributed by atoms with Gasteiger partial charge in [-0.05, 0) is 24.3 Å². The normalized spacial score (nSPS) is 11.7. The minimum atomic E-state index is -6.09. The molecule has 0 unspecified atom stereocenters. The number of benzene rings is 2. The van der Waals surface area contributed by atoms with Gasteiger partial charge in [-0.1, -0.05) is 0 Å². The largest absolute Gasteiger partial charge is 0.741 e. The van der Waals surface area contributed by atoms with Gasteiger partial charge >= 0.3 is 5.51 Å². The van der Waals surface area contributed by atoms with Gasteiger partial charge in [0.1, 0.15) is 18.5 Å². The monoisotopic (exact) mass is 463 g/mol. The number of carbonyl (C=O) groups excluding carboxylic acids is 1. The smallest absolute Gasteiger partial charge is 0.485 e.